The molecular weight excluding hydrogens is 596 g/mol. The number of esters is 4. The van der Waals surface area contributed by atoms with Gasteiger partial charge in [-0.05, 0) is 41.5 Å². The largest absolute Gasteiger partial charge is 0.463 e. The molecule has 0 aromatic carbocycles. The predicted octanol–water partition coefficient (Wildman–Crippen LogP) is 1.76. The predicted molar refractivity (Wildman–Crippen MR) is 165 cm³/mol. The lowest BCUT2D eigenvalue weighted by Crippen LogP contribution is -2.34. The Morgan fingerprint density at radius 3 is 1.67 bits per heavy atom. The number of aliphatic hydroxyl groups excluding tert-OH is 1. The van der Waals surface area contributed by atoms with Crippen molar-refractivity contribution in [2.24, 2.45) is 5.73 Å². The molecule has 1 unspecified atom stereocenters. The zero-order valence-electron chi connectivity index (χ0n) is 27.7. The highest BCUT2D eigenvalue weighted by molar-refractivity contribution is 5.88. The summed E-state index contributed by atoms with van der Waals surface area (Å²) in [4.78, 5) is 54.5. The Bertz CT molecular complexity index is 943. The van der Waals surface area contributed by atoms with Gasteiger partial charge in [0.1, 0.15) is 25.4 Å². The molecule has 0 saturated heterocycles. The molecule has 0 heterocycles. The van der Waals surface area contributed by atoms with Crippen LogP contribution in [0.5, 0.6) is 0 Å². The van der Waals surface area contributed by atoms with E-state index in [2.05, 4.69) is 29.8 Å². The van der Waals surface area contributed by atoms with Gasteiger partial charge in [0.05, 0.1) is 33.0 Å². The number of alkyl carbamates (subject to hydrolysis) is 1. The number of amides is 1. The maximum Gasteiger partial charge on any atom is 0.407 e. The molecule has 0 rings (SSSR count). The molecule has 0 aliphatic rings. The fraction of sp³-hybridized carbons (Fsp3) is 0.633. The first-order valence-electron chi connectivity index (χ1n) is 14.0. The maximum absolute atomic E-state index is 11.2. The van der Waals surface area contributed by atoms with Gasteiger partial charge in [0.15, 0.2) is 6.10 Å². The van der Waals surface area contributed by atoms with Crippen LogP contribution in [0, 0.1) is 0 Å². The van der Waals surface area contributed by atoms with Crippen molar-refractivity contribution in [1.29, 1.82) is 0 Å². The molecule has 15 nitrogen and oxygen atoms in total. The molecular formula is C30H52N2O13. The third-order valence-corrected chi connectivity index (χ3v) is 4.09. The summed E-state index contributed by atoms with van der Waals surface area (Å²) >= 11 is 0. The van der Waals surface area contributed by atoms with Crippen LogP contribution in [0.25, 0.3) is 0 Å². The summed E-state index contributed by atoms with van der Waals surface area (Å²) < 4.78 is 34.1. The van der Waals surface area contributed by atoms with Crippen molar-refractivity contribution in [2.45, 2.75) is 60.2 Å². The van der Waals surface area contributed by atoms with E-state index < -0.39 is 42.3 Å². The van der Waals surface area contributed by atoms with Crippen LogP contribution in [0.3, 0.4) is 0 Å². The van der Waals surface area contributed by atoms with Crippen LogP contribution < -0.4 is 11.1 Å². The van der Waals surface area contributed by atoms with Crippen molar-refractivity contribution in [3.8, 4) is 0 Å². The Hall–Kier alpha value is -3.79. The number of nitrogens with one attached hydrogen (secondary N) is 1. The molecule has 0 aliphatic carbocycles. The van der Waals surface area contributed by atoms with E-state index in [-0.39, 0.29) is 36.9 Å². The van der Waals surface area contributed by atoms with Crippen LogP contribution in [-0.2, 0) is 52.3 Å². The van der Waals surface area contributed by atoms with Gasteiger partial charge < -0.3 is 49.3 Å². The van der Waals surface area contributed by atoms with Crippen LogP contribution in [-0.4, -0.2) is 113 Å². The average molecular weight is 649 g/mol. The van der Waals surface area contributed by atoms with Gasteiger partial charge >= 0.3 is 30.0 Å². The zero-order chi connectivity index (χ0) is 35.4. The first-order valence-corrected chi connectivity index (χ1v) is 14.0. The van der Waals surface area contributed by atoms with Gasteiger partial charge in [-0.25, -0.2) is 19.2 Å². The van der Waals surface area contributed by atoms with E-state index in [9.17, 15) is 24.0 Å². The van der Waals surface area contributed by atoms with E-state index in [1.165, 1.54) is 20.8 Å². The molecule has 0 aliphatic heterocycles. The second-order valence-electron chi connectivity index (χ2n) is 10.1. The third-order valence-electron chi connectivity index (χ3n) is 4.09. The average Bonchev–Trinajstić information content (AvgIpc) is 2.93. The highest BCUT2D eigenvalue weighted by Crippen LogP contribution is 2.06. The molecule has 1 atom stereocenters. The molecule has 45 heavy (non-hydrogen) atoms. The number of nitrogens with two attached hydrogens (primary N) is 1. The first kappa shape index (κ1) is 45.6. The minimum atomic E-state index is -0.882. The molecule has 15 heteroatoms. The molecule has 260 valence electrons. The molecule has 0 fully saturated rings. The van der Waals surface area contributed by atoms with E-state index in [1.807, 2.05) is 0 Å². The maximum atomic E-state index is 11.2. The Balaban J connectivity index is -0.000000616. The fourth-order valence-electron chi connectivity index (χ4n) is 2.06. The Morgan fingerprint density at radius 2 is 1.22 bits per heavy atom. The minimum absolute atomic E-state index is 0.165. The zero-order valence-corrected chi connectivity index (χ0v) is 27.7. The van der Waals surface area contributed by atoms with E-state index >= 15 is 0 Å². The molecule has 0 bridgehead atoms. The van der Waals surface area contributed by atoms with Crippen LogP contribution >= 0.6 is 0 Å². The van der Waals surface area contributed by atoms with Crippen molar-refractivity contribution >= 4 is 30.0 Å². The van der Waals surface area contributed by atoms with Crippen molar-refractivity contribution in [2.75, 3.05) is 65.9 Å². The minimum Gasteiger partial charge on any atom is -0.463 e. The van der Waals surface area contributed by atoms with Crippen molar-refractivity contribution in [3.05, 3.63) is 36.5 Å². The second kappa shape index (κ2) is 27.7. The third kappa shape index (κ3) is 34.6. The molecule has 0 aromatic rings. The number of carbonyl (C=O) groups excluding carboxylic acids is 5. The smallest absolute Gasteiger partial charge is 0.407 e. The molecule has 0 spiro atoms. The summed E-state index contributed by atoms with van der Waals surface area (Å²) in [6, 6.07) is 0. The van der Waals surface area contributed by atoms with Gasteiger partial charge in [-0.1, -0.05) is 19.7 Å². The number of hydrogen-bond donors (Lipinski definition) is 3. The van der Waals surface area contributed by atoms with Crippen LogP contribution in [0.4, 0.5) is 4.79 Å². The van der Waals surface area contributed by atoms with Gasteiger partial charge in [0, 0.05) is 36.7 Å². The number of aliphatic hydroxyl groups is 1. The van der Waals surface area contributed by atoms with Gasteiger partial charge in [0.25, 0.3) is 0 Å². The topological polar surface area (TPSA) is 208 Å². The molecule has 0 saturated carbocycles. The molecule has 0 radical (unpaired) electrons. The lowest BCUT2D eigenvalue weighted by atomic mass is 10.2. The number of ether oxygens (including phenoxy) is 7. The van der Waals surface area contributed by atoms with Gasteiger partial charge in [-0.3, -0.25) is 4.79 Å². The van der Waals surface area contributed by atoms with E-state index in [0.717, 1.165) is 0 Å². The summed E-state index contributed by atoms with van der Waals surface area (Å²) in [5.41, 5.74) is 5.43. The van der Waals surface area contributed by atoms with Crippen molar-refractivity contribution in [1.82, 2.24) is 5.32 Å². The van der Waals surface area contributed by atoms with Crippen molar-refractivity contribution in [3.63, 3.8) is 0 Å². The number of carbonyl (C=O) groups is 5. The summed E-state index contributed by atoms with van der Waals surface area (Å²) in [7, 11) is 0. The van der Waals surface area contributed by atoms with Crippen LogP contribution in [0.15, 0.2) is 36.5 Å². The quantitative estimate of drug-likeness (QED) is 0.0838. The van der Waals surface area contributed by atoms with Gasteiger partial charge in [-0.15, -0.1) is 0 Å². The van der Waals surface area contributed by atoms with Crippen LogP contribution in [0.1, 0.15) is 48.5 Å². The van der Waals surface area contributed by atoms with E-state index in [1.54, 1.807) is 27.7 Å². The standard InChI is InChI=1S/C13H23NO5.C11H16O5.C6H13NO3/c1-10(2)11(15)18-9-8-17-7-6-14-12(16)19-13(3,4)5;1-7(2)10(13)15-6-9(5-12)16-11(14)8(3)4;1-6(8)10-5-4-9-3-2-7/h1,6-9H2,2-5H3,(H,14,16);9,12H,1,3,5-6H2,2,4H3;2-5,7H2,1H3. The first-order chi connectivity index (χ1) is 20.9. The van der Waals surface area contributed by atoms with E-state index in [0.29, 0.717) is 45.1 Å². The molecule has 4 N–H and O–H groups in total. The second-order valence-corrected chi connectivity index (χ2v) is 10.1. The summed E-state index contributed by atoms with van der Waals surface area (Å²) in [6.45, 7) is 23.7. The van der Waals surface area contributed by atoms with E-state index in [4.69, 9.17) is 39.3 Å². The highest BCUT2D eigenvalue weighted by Gasteiger charge is 2.17. The summed E-state index contributed by atoms with van der Waals surface area (Å²) in [6.07, 6.45) is -1.36. The Morgan fingerprint density at radius 1 is 0.733 bits per heavy atom. The SMILES string of the molecule is C=C(C)C(=O)OCC(CO)OC(=O)C(=C)C.C=C(C)C(=O)OCCOCCNC(=O)OC(C)(C)C.CC(=O)OCCOCCN. The normalized spacial score (nSPS) is 10.7. The highest BCUT2D eigenvalue weighted by atomic mass is 16.6. The fourth-order valence-corrected chi connectivity index (χ4v) is 2.06. The number of rotatable bonds is 18. The lowest BCUT2D eigenvalue weighted by molar-refractivity contribution is -0.156. The number of hydrogen-bond acceptors (Lipinski definition) is 14. The Labute approximate surface area is 266 Å². The Kier molecular flexibility index (Phi) is 28.1. The van der Waals surface area contributed by atoms with Gasteiger partial charge in [0.2, 0.25) is 0 Å². The monoisotopic (exact) mass is 648 g/mol. The summed E-state index contributed by atoms with van der Waals surface area (Å²) in [5.74, 6) is -1.94. The van der Waals surface area contributed by atoms with Gasteiger partial charge in [-0.2, -0.15) is 0 Å². The molecule has 0 aromatic heterocycles. The molecule has 1 amide bonds. The lowest BCUT2D eigenvalue weighted by Gasteiger charge is -2.19. The van der Waals surface area contributed by atoms with Crippen LogP contribution in [0.2, 0.25) is 0 Å². The van der Waals surface area contributed by atoms with Crippen molar-refractivity contribution < 1.29 is 62.2 Å². The summed E-state index contributed by atoms with van der Waals surface area (Å²) in [5, 5.41) is 11.4.